The zero-order valence-corrected chi connectivity index (χ0v) is 11.8. The Morgan fingerprint density at radius 3 is 2.73 bits per heavy atom. The van der Waals surface area contributed by atoms with Crippen molar-refractivity contribution in [1.82, 2.24) is 4.98 Å². The number of hydrogen-bond acceptors (Lipinski definition) is 4. The van der Waals surface area contributed by atoms with Crippen molar-refractivity contribution in [2.75, 3.05) is 0 Å². The van der Waals surface area contributed by atoms with Crippen LogP contribution in [0.4, 0.5) is 0 Å². The molecular weight excluding hydrogens is 344 g/mol. The molecule has 0 aliphatic rings. The fourth-order valence-corrected chi connectivity index (χ4v) is 3.06. The number of aromatic nitrogens is 1. The molecule has 0 bridgehead atoms. The molecule has 15 heavy (non-hydrogen) atoms. The van der Waals surface area contributed by atoms with Crippen LogP contribution in [0.25, 0.3) is 10.6 Å². The van der Waals surface area contributed by atoms with Gasteiger partial charge < -0.3 is 10.2 Å². The summed E-state index contributed by atoms with van der Waals surface area (Å²) in [6, 6.07) is 1.81. The van der Waals surface area contributed by atoms with Gasteiger partial charge in [0.25, 0.3) is 0 Å². The van der Waals surface area contributed by atoms with E-state index in [0.717, 1.165) is 18.9 Å². The molecule has 0 aliphatic carbocycles. The van der Waals surface area contributed by atoms with Crippen LogP contribution in [0.15, 0.2) is 24.9 Å². The van der Waals surface area contributed by atoms with Crippen LogP contribution in [0.1, 0.15) is 18.9 Å². The Morgan fingerprint density at radius 2 is 2.27 bits per heavy atom. The number of rotatable bonds is 2. The zero-order valence-electron chi connectivity index (χ0n) is 7.83. The standard InChI is InChI=1S/C9H8Br2N2OS/c1-4(12)9-13-3-6(14-9)7-2-5(10)8(11)15-7/h2-4H,12H2,1H3. The molecule has 0 spiro atoms. The molecule has 6 heteroatoms. The third-order valence-electron chi connectivity index (χ3n) is 1.80. The number of oxazole rings is 1. The van der Waals surface area contributed by atoms with Crippen molar-refractivity contribution >= 4 is 43.2 Å². The van der Waals surface area contributed by atoms with Gasteiger partial charge in [0.2, 0.25) is 5.89 Å². The second-order valence-corrected chi connectivity index (χ2v) is 6.31. The maximum atomic E-state index is 5.67. The lowest BCUT2D eigenvalue weighted by Crippen LogP contribution is -2.04. The van der Waals surface area contributed by atoms with E-state index in [-0.39, 0.29) is 6.04 Å². The molecule has 0 amide bonds. The summed E-state index contributed by atoms with van der Waals surface area (Å²) in [5.74, 6) is 1.31. The summed E-state index contributed by atoms with van der Waals surface area (Å²) in [6.07, 6.45) is 1.70. The molecule has 0 aliphatic heterocycles. The van der Waals surface area contributed by atoms with E-state index in [0.29, 0.717) is 5.89 Å². The largest absolute Gasteiger partial charge is 0.438 e. The summed E-state index contributed by atoms with van der Waals surface area (Å²) in [5, 5.41) is 0. The first-order valence-corrected chi connectivity index (χ1v) is 6.64. The lowest BCUT2D eigenvalue weighted by atomic mass is 10.4. The number of thiophene rings is 1. The van der Waals surface area contributed by atoms with Gasteiger partial charge in [-0.05, 0) is 44.8 Å². The van der Waals surface area contributed by atoms with Crippen LogP contribution in [0.2, 0.25) is 0 Å². The van der Waals surface area contributed by atoms with Gasteiger partial charge in [-0.25, -0.2) is 4.98 Å². The van der Waals surface area contributed by atoms with Gasteiger partial charge in [0.05, 0.1) is 20.9 Å². The van der Waals surface area contributed by atoms with Crippen molar-refractivity contribution in [3.63, 3.8) is 0 Å². The van der Waals surface area contributed by atoms with Gasteiger partial charge >= 0.3 is 0 Å². The average molecular weight is 352 g/mol. The Balaban J connectivity index is 2.37. The average Bonchev–Trinajstić information content (AvgIpc) is 2.74. The molecule has 2 N–H and O–H groups in total. The summed E-state index contributed by atoms with van der Waals surface area (Å²) in [4.78, 5) is 5.14. The number of nitrogens with zero attached hydrogens (tertiary/aromatic N) is 1. The number of hydrogen-bond donors (Lipinski definition) is 1. The van der Waals surface area contributed by atoms with E-state index < -0.39 is 0 Å². The van der Waals surface area contributed by atoms with E-state index in [2.05, 4.69) is 36.8 Å². The van der Waals surface area contributed by atoms with Crippen LogP contribution in [-0.2, 0) is 0 Å². The maximum Gasteiger partial charge on any atom is 0.211 e. The summed E-state index contributed by atoms with van der Waals surface area (Å²) < 4.78 is 7.59. The Bertz CT molecular complexity index is 459. The van der Waals surface area contributed by atoms with Gasteiger partial charge in [0.15, 0.2) is 5.76 Å². The predicted octanol–water partition coefficient (Wildman–Crippen LogP) is 3.95. The van der Waals surface area contributed by atoms with Gasteiger partial charge in [-0.1, -0.05) is 0 Å². The highest BCUT2D eigenvalue weighted by Crippen LogP contribution is 2.38. The summed E-state index contributed by atoms with van der Waals surface area (Å²) in [6.45, 7) is 1.84. The second-order valence-electron chi connectivity index (χ2n) is 3.08. The highest BCUT2D eigenvalue weighted by Gasteiger charge is 2.13. The molecule has 0 saturated carbocycles. The first-order valence-electron chi connectivity index (χ1n) is 4.24. The van der Waals surface area contributed by atoms with Crippen molar-refractivity contribution in [2.45, 2.75) is 13.0 Å². The van der Waals surface area contributed by atoms with E-state index in [1.165, 1.54) is 0 Å². The second kappa shape index (κ2) is 4.37. The summed E-state index contributed by atoms with van der Waals surface area (Å²) >= 11 is 8.45. The monoisotopic (exact) mass is 350 g/mol. The van der Waals surface area contributed by atoms with Crippen LogP contribution in [0.3, 0.4) is 0 Å². The predicted molar refractivity (Wildman–Crippen MR) is 67.8 cm³/mol. The molecule has 3 nitrogen and oxygen atoms in total. The minimum absolute atomic E-state index is 0.175. The number of nitrogens with two attached hydrogens (primary N) is 1. The first-order chi connectivity index (χ1) is 7.08. The van der Waals surface area contributed by atoms with Crippen molar-refractivity contribution in [3.05, 3.63) is 26.4 Å². The molecule has 80 valence electrons. The molecular formula is C9H8Br2N2OS. The van der Waals surface area contributed by atoms with Crippen LogP contribution >= 0.6 is 43.2 Å². The molecule has 1 unspecified atom stereocenters. The third kappa shape index (κ3) is 2.33. The minimum atomic E-state index is -0.175. The van der Waals surface area contributed by atoms with Crippen molar-refractivity contribution in [2.24, 2.45) is 5.73 Å². The Morgan fingerprint density at radius 1 is 1.53 bits per heavy atom. The molecule has 1 atom stereocenters. The van der Waals surface area contributed by atoms with Gasteiger partial charge in [-0.2, -0.15) is 0 Å². The molecule has 0 radical (unpaired) electrons. The normalized spacial score (nSPS) is 13.1. The van der Waals surface area contributed by atoms with Crippen LogP contribution in [0, 0.1) is 0 Å². The SMILES string of the molecule is CC(N)c1ncc(-c2cc(Br)c(Br)s2)o1. The Labute approximate surface area is 108 Å². The first kappa shape index (κ1) is 11.3. The van der Waals surface area contributed by atoms with Crippen molar-refractivity contribution in [3.8, 4) is 10.6 Å². The smallest absolute Gasteiger partial charge is 0.211 e. The fraction of sp³-hybridized carbons (Fsp3) is 0.222. The summed E-state index contributed by atoms with van der Waals surface area (Å²) in [5.41, 5.74) is 5.67. The lowest BCUT2D eigenvalue weighted by Gasteiger charge is -1.95. The third-order valence-corrected chi connectivity index (χ3v) is 5.07. The van der Waals surface area contributed by atoms with E-state index in [4.69, 9.17) is 10.2 Å². The molecule has 2 aromatic rings. The maximum absolute atomic E-state index is 5.67. The highest BCUT2D eigenvalue weighted by molar-refractivity contribution is 9.13. The van der Waals surface area contributed by atoms with Gasteiger partial charge in [-0.3, -0.25) is 0 Å². The Hall–Kier alpha value is -0.170. The lowest BCUT2D eigenvalue weighted by molar-refractivity contribution is 0.474. The van der Waals surface area contributed by atoms with Crippen molar-refractivity contribution in [1.29, 1.82) is 0 Å². The van der Waals surface area contributed by atoms with Crippen LogP contribution in [0.5, 0.6) is 0 Å². The quantitative estimate of drug-likeness (QED) is 0.891. The van der Waals surface area contributed by atoms with Gasteiger partial charge in [-0.15, -0.1) is 11.3 Å². The molecule has 0 fully saturated rings. The zero-order chi connectivity index (χ0) is 11.0. The van der Waals surface area contributed by atoms with E-state index in [1.807, 2.05) is 13.0 Å². The molecule has 2 rings (SSSR count). The van der Waals surface area contributed by atoms with Crippen molar-refractivity contribution < 1.29 is 4.42 Å². The minimum Gasteiger partial charge on any atom is -0.438 e. The fourth-order valence-electron chi connectivity index (χ4n) is 1.08. The van der Waals surface area contributed by atoms with Crippen LogP contribution in [-0.4, -0.2) is 4.98 Å². The van der Waals surface area contributed by atoms with Gasteiger partial charge in [0, 0.05) is 4.47 Å². The van der Waals surface area contributed by atoms with Crippen LogP contribution < -0.4 is 5.73 Å². The molecule has 0 aromatic carbocycles. The topological polar surface area (TPSA) is 52.0 Å². The van der Waals surface area contributed by atoms with Gasteiger partial charge in [0.1, 0.15) is 0 Å². The Kier molecular flexibility index (Phi) is 3.30. The highest BCUT2D eigenvalue weighted by atomic mass is 79.9. The molecule has 0 saturated heterocycles. The molecule has 2 heterocycles. The molecule has 2 aromatic heterocycles. The summed E-state index contributed by atoms with van der Waals surface area (Å²) in [7, 11) is 0. The van der Waals surface area contributed by atoms with E-state index in [1.54, 1.807) is 17.5 Å². The van der Waals surface area contributed by atoms with E-state index in [9.17, 15) is 0 Å². The van der Waals surface area contributed by atoms with E-state index >= 15 is 0 Å². The number of halogens is 2.